The molecule has 3 rings (SSSR count). The van der Waals surface area contributed by atoms with Gasteiger partial charge in [-0.1, -0.05) is 50.2 Å². The zero-order chi connectivity index (χ0) is 20.3. The molecule has 0 spiro atoms. The molecule has 0 radical (unpaired) electrons. The van der Waals surface area contributed by atoms with Gasteiger partial charge < -0.3 is 10.2 Å². The van der Waals surface area contributed by atoms with Gasteiger partial charge in [-0.15, -0.1) is 0 Å². The first kappa shape index (κ1) is 20.1. The van der Waals surface area contributed by atoms with Crippen LogP contribution in [0.15, 0.2) is 42.5 Å². The molecule has 0 aromatic heterocycles. The third-order valence-electron chi connectivity index (χ3n) is 5.31. The number of carbonyl (C=O) groups is 2. The highest BCUT2D eigenvalue weighted by atomic mass is 19.1. The molecule has 0 aliphatic carbocycles. The molecule has 1 aliphatic rings. The molecule has 2 amide bonds. The Morgan fingerprint density at radius 3 is 2.68 bits per heavy atom. The lowest BCUT2D eigenvalue weighted by Gasteiger charge is -2.24. The van der Waals surface area contributed by atoms with Gasteiger partial charge in [0.25, 0.3) is 0 Å². The molecule has 1 fully saturated rings. The fourth-order valence-electron chi connectivity index (χ4n) is 3.78. The Hall–Kier alpha value is -2.69. The van der Waals surface area contributed by atoms with Crippen LogP contribution in [0, 0.1) is 18.7 Å². The molecule has 1 atom stereocenters. The standard InChI is InChI=1S/C23H27FN2O2/c1-15(2)19-9-6-7-16(3)22(19)26-14-18(13-21(26)27)23(28)25-12-11-17-8-4-5-10-20(17)24/h4-10,15,18H,11-14H2,1-3H3,(H,25,28). The van der Waals surface area contributed by atoms with E-state index in [0.717, 1.165) is 16.8 Å². The monoisotopic (exact) mass is 382 g/mol. The van der Waals surface area contributed by atoms with Gasteiger partial charge in [0.15, 0.2) is 0 Å². The second-order valence-electron chi connectivity index (χ2n) is 7.71. The Morgan fingerprint density at radius 1 is 1.21 bits per heavy atom. The molecule has 1 N–H and O–H groups in total. The average molecular weight is 382 g/mol. The molecule has 4 nitrogen and oxygen atoms in total. The van der Waals surface area contributed by atoms with Crippen LogP contribution in [0.5, 0.6) is 0 Å². The summed E-state index contributed by atoms with van der Waals surface area (Å²) in [5.41, 5.74) is 3.67. The normalized spacial score (nSPS) is 16.7. The Balaban J connectivity index is 1.65. The Kier molecular flexibility index (Phi) is 6.12. The molecule has 0 bridgehead atoms. The lowest BCUT2D eigenvalue weighted by atomic mass is 9.97. The van der Waals surface area contributed by atoms with Crippen LogP contribution < -0.4 is 10.2 Å². The maximum Gasteiger partial charge on any atom is 0.227 e. The minimum absolute atomic E-state index is 0.0227. The van der Waals surface area contributed by atoms with Crippen molar-refractivity contribution in [3.8, 4) is 0 Å². The van der Waals surface area contributed by atoms with E-state index < -0.39 is 0 Å². The van der Waals surface area contributed by atoms with Gasteiger partial charge in [-0.05, 0) is 42.0 Å². The second kappa shape index (κ2) is 8.55. The molecule has 2 aromatic carbocycles. The number of nitrogens with zero attached hydrogens (tertiary/aromatic N) is 1. The smallest absolute Gasteiger partial charge is 0.227 e. The van der Waals surface area contributed by atoms with Crippen LogP contribution in [0.2, 0.25) is 0 Å². The van der Waals surface area contributed by atoms with Gasteiger partial charge in [0.05, 0.1) is 5.92 Å². The van der Waals surface area contributed by atoms with Crippen molar-refractivity contribution in [2.75, 3.05) is 18.0 Å². The molecule has 0 saturated carbocycles. The number of hydrogen-bond acceptors (Lipinski definition) is 2. The summed E-state index contributed by atoms with van der Waals surface area (Å²) < 4.78 is 13.7. The molecule has 2 aromatic rings. The highest BCUT2D eigenvalue weighted by Gasteiger charge is 2.36. The number of para-hydroxylation sites is 1. The predicted octanol–water partition coefficient (Wildman–Crippen LogP) is 3.97. The summed E-state index contributed by atoms with van der Waals surface area (Å²) in [7, 11) is 0. The summed E-state index contributed by atoms with van der Waals surface area (Å²) in [5, 5.41) is 2.86. The molecule has 28 heavy (non-hydrogen) atoms. The van der Waals surface area contributed by atoms with E-state index in [1.807, 2.05) is 25.1 Å². The van der Waals surface area contributed by atoms with Crippen LogP contribution in [0.1, 0.15) is 42.9 Å². The molecular formula is C23H27FN2O2. The van der Waals surface area contributed by atoms with Gasteiger partial charge in [0, 0.05) is 25.2 Å². The minimum Gasteiger partial charge on any atom is -0.355 e. The first-order valence-electron chi connectivity index (χ1n) is 9.79. The number of nitrogens with one attached hydrogen (secondary N) is 1. The van der Waals surface area contributed by atoms with E-state index in [4.69, 9.17) is 0 Å². The Morgan fingerprint density at radius 2 is 1.96 bits per heavy atom. The van der Waals surface area contributed by atoms with Gasteiger partial charge in [-0.25, -0.2) is 4.39 Å². The fraction of sp³-hybridized carbons (Fsp3) is 0.391. The van der Waals surface area contributed by atoms with Crippen LogP contribution in [-0.2, 0) is 16.0 Å². The summed E-state index contributed by atoms with van der Waals surface area (Å²) in [6.07, 6.45) is 0.634. The largest absolute Gasteiger partial charge is 0.355 e. The van der Waals surface area contributed by atoms with E-state index in [2.05, 4.69) is 19.2 Å². The number of rotatable bonds is 6. The molecule has 1 aliphatic heterocycles. The zero-order valence-corrected chi connectivity index (χ0v) is 16.7. The van der Waals surface area contributed by atoms with Crippen molar-refractivity contribution in [1.82, 2.24) is 5.32 Å². The number of hydrogen-bond donors (Lipinski definition) is 1. The summed E-state index contributed by atoms with van der Waals surface area (Å²) in [5.74, 6) is -0.527. The summed E-state index contributed by atoms with van der Waals surface area (Å²) in [4.78, 5) is 27.0. The van der Waals surface area contributed by atoms with E-state index in [-0.39, 0.29) is 35.9 Å². The SMILES string of the molecule is Cc1cccc(C(C)C)c1N1CC(C(=O)NCCc2ccccc2F)CC1=O. The van der Waals surface area contributed by atoms with Crippen molar-refractivity contribution in [2.45, 2.75) is 39.5 Å². The number of halogens is 1. The second-order valence-corrected chi connectivity index (χ2v) is 7.71. The number of aryl methyl sites for hydroxylation is 1. The number of benzene rings is 2. The van der Waals surface area contributed by atoms with Crippen LogP contribution in [0.25, 0.3) is 0 Å². The number of carbonyl (C=O) groups excluding carboxylic acids is 2. The van der Waals surface area contributed by atoms with Crippen LogP contribution in [0.4, 0.5) is 10.1 Å². The fourth-order valence-corrected chi connectivity index (χ4v) is 3.78. The first-order chi connectivity index (χ1) is 13.4. The summed E-state index contributed by atoms with van der Waals surface area (Å²) >= 11 is 0. The number of anilines is 1. The highest BCUT2D eigenvalue weighted by Crippen LogP contribution is 2.34. The third kappa shape index (κ3) is 4.24. The van der Waals surface area contributed by atoms with Crippen molar-refractivity contribution in [1.29, 1.82) is 0 Å². The van der Waals surface area contributed by atoms with E-state index >= 15 is 0 Å². The van der Waals surface area contributed by atoms with Crippen molar-refractivity contribution in [3.63, 3.8) is 0 Å². The Labute approximate surface area is 165 Å². The Bertz CT molecular complexity index is 879. The van der Waals surface area contributed by atoms with Crippen LogP contribution in [0.3, 0.4) is 0 Å². The van der Waals surface area contributed by atoms with E-state index in [9.17, 15) is 14.0 Å². The van der Waals surface area contributed by atoms with Gasteiger partial charge in [0.1, 0.15) is 5.82 Å². The molecular weight excluding hydrogens is 355 g/mol. The highest BCUT2D eigenvalue weighted by molar-refractivity contribution is 6.01. The van der Waals surface area contributed by atoms with Crippen molar-refractivity contribution in [3.05, 3.63) is 65.0 Å². The molecule has 1 unspecified atom stereocenters. The maximum atomic E-state index is 13.7. The van der Waals surface area contributed by atoms with Crippen LogP contribution in [-0.4, -0.2) is 24.9 Å². The molecule has 148 valence electrons. The van der Waals surface area contributed by atoms with Crippen LogP contribution >= 0.6 is 0 Å². The van der Waals surface area contributed by atoms with E-state index in [1.165, 1.54) is 6.07 Å². The zero-order valence-electron chi connectivity index (χ0n) is 16.7. The lowest BCUT2D eigenvalue weighted by Crippen LogP contribution is -2.34. The van der Waals surface area contributed by atoms with Gasteiger partial charge >= 0.3 is 0 Å². The predicted molar refractivity (Wildman–Crippen MR) is 109 cm³/mol. The summed E-state index contributed by atoms with van der Waals surface area (Å²) in [6.45, 7) is 6.94. The average Bonchev–Trinajstić information content (AvgIpc) is 3.04. The van der Waals surface area contributed by atoms with Gasteiger partial charge in [0.2, 0.25) is 11.8 Å². The maximum absolute atomic E-state index is 13.7. The van der Waals surface area contributed by atoms with Gasteiger partial charge in [-0.3, -0.25) is 9.59 Å². The number of amides is 2. The first-order valence-corrected chi connectivity index (χ1v) is 9.79. The van der Waals surface area contributed by atoms with E-state index in [1.54, 1.807) is 23.1 Å². The quantitative estimate of drug-likeness (QED) is 0.822. The van der Waals surface area contributed by atoms with Crippen molar-refractivity contribution in [2.24, 2.45) is 5.92 Å². The minimum atomic E-state index is -0.382. The topological polar surface area (TPSA) is 49.4 Å². The van der Waals surface area contributed by atoms with E-state index in [0.29, 0.717) is 25.1 Å². The van der Waals surface area contributed by atoms with Crippen molar-refractivity contribution >= 4 is 17.5 Å². The summed E-state index contributed by atoms with van der Waals surface area (Å²) in [6, 6.07) is 12.6. The van der Waals surface area contributed by atoms with Crippen molar-refractivity contribution < 1.29 is 14.0 Å². The van der Waals surface area contributed by atoms with Gasteiger partial charge in [-0.2, -0.15) is 0 Å². The molecule has 1 saturated heterocycles. The third-order valence-corrected chi connectivity index (χ3v) is 5.31. The molecule has 1 heterocycles. The lowest BCUT2D eigenvalue weighted by molar-refractivity contribution is -0.126. The molecule has 5 heteroatoms.